The summed E-state index contributed by atoms with van der Waals surface area (Å²) in [6.45, 7) is 1.79. The smallest absolute Gasteiger partial charge is 0.225 e. The van der Waals surface area contributed by atoms with Crippen LogP contribution in [0.1, 0.15) is 18.4 Å². The van der Waals surface area contributed by atoms with Crippen LogP contribution in [0, 0.1) is 11.3 Å². The fourth-order valence-corrected chi connectivity index (χ4v) is 3.70. The number of benzene rings is 2. The van der Waals surface area contributed by atoms with Crippen LogP contribution in [0.2, 0.25) is 5.02 Å². The van der Waals surface area contributed by atoms with Crippen molar-refractivity contribution in [1.29, 1.82) is 5.26 Å². The highest BCUT2D eigenvalue weighted by Gasteiger charge is 2.21. The quantitative estimate of drug-likeness (QED) is 0.697. The van der Waals surface area contributed by atoms with Crippen LogP contribution in [0.25, 0.3) is 11.1 Å². The second kappa shape index (κ2) is 8.28. The molecule has 5 nitrogen and oxygen atoms in total. The average Bonchev–Trinajstić information content (AvgIpc) is 2.75. The fraction of sp³-hybridized carbons (Fsp3) is 0.227. The predicted molar refractivity (Wildman–Crippen MR) is 112 cm³/mol. The van der Waals surface area contributed by atoms with Gasteiger partial charge in [-0.3, -0.25) is 0 Å². The third-order valence-electron chi connectivity index (χ3n) is 4.99. The molecule has 28 heavy (non-hydrogen) atoms. The van der Waals surface area contributed by atoms with Gasteiger partial charge < -0.3 is 10.2 Å². The van der Waals surface area contributed by atoms with Crippen LogP contribution in [0.3, 0.4) is 0 Å². The molecule has 1 saturated heterocycles. The van der Waals surface area contributed by atoms with Gasteiger partial charge >= 0.3 is 0 Å². The van der Waals surface area contributed by atoms with Gasteiger partial charge in [-0.15, -0.1) is 0 Å². The van der Waals surface area contributed by atoms with E-state index in [0.717, 1.165) is 48.7 Å². The Hall–Kier alpha value is -3.10. The molecule has 140 valence electrons. The van der Waals surface area contributed by atoms with Crippen molar-refractivity contribution >= 4 is 23.2 Å². The van der Waals surface area contributed by atoms with Crippen molar-refractivity contribution in [3.8, 4) is 17.2 Å². The highest BCUT2D eigenvalue weighted by Crippen LogP contribution is 2.28. The largest absolute Gasteiger partial charge is 0.381 e. The topological polar surface area (TPSA) is 64.8 Å². The van der Waals surface area contributed by atoms with Crippen molar-refractivity contribution in [2.45, 2.75) is 18.9 Å². The first-order valence-corrected chi connectivity index (χ1v) is 9.69. The lowest BCUT2D eigenvalue weighted by Crippen LogP contribution is -2.40. The van der Waals surface area contributed by atoms with Gasteiger partial charge in [0.05, 0.1) is 11.3 Å². The number of hydrogen-bond donors (Lipinski definition) is 1. The monoisotopic (exact) mass is 389 g/mol. The van der Waals surface area contributed by atoms with Crippen LogP contribution in [-0.4, -0.2) is 29.1 Å². The molecule has 3 aromatic rings. The Balaban J connectivity index is 1.45. The van der Waals surface area contributed by atoms with Gasteiger partial charge in [0.2, 0.25) is 5.95 Å². The van der Waals surface area contributed by atoms with Crippen LogP contribution in [-0.2, 0) is 0 Å². The molecule has 0 spiro atoms. The summed E-state index contributed by atoms with van der Waals surface area (Å²) in [5.41, 5.74) is 3.52. The second-order valence-corrected chi connectivity index (χ2v) is 7.27. The third-order valence-corrected chi connectivity index (χ3v) is 5.22. The number of aromatic nitrogens is 2. The Labute approximate surface area is 169 Å². The van der Waals surface area contributed by atoms with Crippen molar-refractivity contribution < 1.29 is 0 Å². The van der Waals surface area contributed by atoms with E-state index in [1.54, 1.807) is 12.4 Å². The van der Waals surface area contributed by atoms with Crippen molar-refractivity contribution in [2.75, 3.05) is 23.3 Å². The van der Waals surface area contributed by atoms with Gasteiger partial charge in [0, 0.05) is 36.5 Å². The lowest BCUT2D eigenvalue weighted by atomic mass is 10.0. The number of piperidine rings is 1. The van der Waals surface area contributed by atoms with E-state index in [0.29, 0.717) is 16.6 Å². The molecule has 6 heteroatoms. The number of nitrogens with one attached hydrogen (secondary N) is 1. The van der Waals surface area contributed by atoms with Crippen molar-refractivity contribution in [1.82, 2.24) is 9.97 Å². The van der Waals surface area contributed by atoms with E-state index >= 15 is 0 Å². The molecule has 1 aliphatic heterocycles. The SMILES string of the molecule is N#Cc1cc(-c2cccc(Cl)c2)ccc1NC1CCN(c2ncccn2)CC1. The van der Waals surface area contributed by atoms with Gasteiger partial charge in [0.15, 0.2) is 0 Å². The lowest BCUT2D eigenvalue weighted by Gasteiger charge is -2.33. The molecule has 0 atom stereocenters. The molecular weight excluding hydrogens is 370 g/mol. The Morgan fingerprint density at radius 1 is 1.00 bits per heavy atom. The molecule has 0 amide bonds. The third kappa shape index (κ3) is 4.08. The van der Waals surface area contributed by atoms with Gasteiger partial charge in [0.25, 0.3) is 0 Å². The van der Waals surface area contributed by atoms with Gasteiger partial charge in [-0.25, -0.2) is 9.97 Å². The maximum atomic E-state index is 9.62. The number of halogens is 1. The summed E-state index contributed by atoms with van der Waals surface area (Å²) in [5.74, 6) is 0.782. The Morgan fingerprint density at radius 3 is 2.46 bits per heavy atom. The Kier molecular flexibility index (Phi) is 5.41. The predicted octanol–water partition coefficient (Wildman–Crippen LogP) is 4.75. The summed E-state index contributed by atoms with van der Waals surface area (Å²) in [6, 6.07) is 18.1. The summed E-state index contributed by atoms with van der Waals surface area (Å²) in [6.07, 6.45) is 5.49. The van der Waals surface area contributed by atoms with Crippen molar-refractivity contribution in [2.24, 2.45) is 0 Å². The van der Waals surface area contributed by atoms with E-state index < -0.39 is 0 Å². The molecule has 1 aliphatic rings. The average molecular weight is 390 g/mol. The minimum Gasteiger partial charge on any atom is -0.381 e. The van der Waals surface area contributed by atoms with E-state index in [4.69, 9.17) is 11.6 Å². The molecule has 1 N–H and O–H groups in total. The van der Waals surface area contributed by atoms with E-state index in [9.17, 15) is 5.26 Å². The Morgan fingerprint density at radius 2 is 1.75 bits per heavy atom. The Bertz CT molecular complexity index is 991. The minimum atomic E-state index is 0.323. The summed E-state index contributed by atoms with van der Waals surface area (Å²) in [5, 5.41) is 13.9. The number of anilines is 2. The molecule has 0 unspecified atom stereocenters. The van der Waals surface area contributed by atoms with E-state index in [1.165, 1.54) is 0 Å². The molecule has 0 bridgehead atoms. The van der Waals surface area contributed by atoms with Gasteiger partial charge in [-0.1, -0.05) is 29.8 Å². The van der Waals surface area contributed by atoms with Gasteiger partial charge in [-0.2, -0.15) is 5.26 Å². The molecule has 0 saturated carbocycles. The fourth-order valence-electron chi connectivity index (χ4n) is 3.51. The molecule has 1 fully saturated rings. The van der Waals surface area contributed by atoms with Crippen molar-refractivity contribution in [3.63, 3.8) is 0 Å². The molecule has 2 aromatic carbocycles. The van der Waals surface area contributed by atoms with E-state index in [2.05, 4.69) is 26.3 Å². The zero-order chi connectivity index (χ0) is 19.3. The highest BCUT2D eigenvalue weighted by molar-refractivity contribution is 6.30. The lowest BCUT2D eigenvalue weighted by molar-refractivity contribution is 0.520. The minimum absolute atomic E-state index is 0.323. The summed E-state index contributed by atoms with van der Waals surface area (Å²) in [7, 11) is 0. The van der Waals surface area contributed by atoms with E-state index in [1.807, 2.05) is 48.5 Å². The maximum absolute atomic E-state index is 9.62. The molecule has 4 rings (SSSR count). The van der Waals surface area contributed by atoms with Crippen LogP contribution in [0.4, 0.5) is 11.6 Å². The zero-order valence-corrected chi connectivity index (χ0v) is 16.1. The summed E-state index contributed by atoms with van der Waals surface area (Å²) >= 11 is 6.09. The van der Waals surface area contributed by atoms with Crippen molar-refractivity contribution in [3.05, 3.63) is 71.5 Å². The van der Waals surface area contributed by atoms with Crippen LogP contribution in [0.5, 0.6) is 0 Å². The number of nitrogens with zero attached hydrogens (tertiary/aromatic N) is 4. The number of hydrogen-bond acceptors (Lipinski definition) is 5. The van der Waals surface area contributed by atoms with Crippen LogP contribution >= 0.6 is 11.6 Å². The van der Waals surface area contributed by atoms with Gasteiger partial charge in [-0.05, 0) is 54.3 Å². The molecule has 1 aromatic heterocycles. The molecular formula is C22H20ClN5. The molecule has 2 heterocycles. The van der Waals surface area contributed by atoms with E-state index in [-0.39, 0.29) is 0 Å². The normalized spacial score (nSPS) is 14.5. The van der Waals surface area contributed by atoms with Gasteiger partial charge in [0.1, 0.15) is 6.07 Å². The second-order valence-electron chi connectivity index (χ2n) is 6.84. The summed E-state index contributed by atoms with van der Waals surface area (Å²) in [4.78, 5) is 10.9. The first kappa shape index (κ1) is 18.3. The highest BCUT2D eigenvalue weighted by atomic mass is 35.5. The molecule has 0 radical (unpaired) electrons. The first-order valence-electron chi connectivity index (χ1n) is 9.31. The van der Waals surface area contributed by atoms with Crippen LogP contribution < -0.4 is 10.2 Å². The first-order chi connectivity index (χ1) is 13.7. The molecule has 0 aliphatic carbocycles. The number of rotatable bonds is 4. The zero-order valence-electron chi connectivity index (χ0n) is 15.3. The number of nitriles is 1. The van der Waals surface area contributed by atoms with Crippen LogP contribution in [0.15, 0.2) is 60.9 Å². The standard InChI is InChI=1S/C22H20ClN5/c23-19-4-1-3-16(14-19)17-5-6-21(18(13-17)15-24)27-20-7-11-28(12-8-20)22-25-9-2-10-26-22/h1-6,9-10,13-14,20,27H,7-8,11-12H2. The summed E-state index contributed by atoms with van der Waals surface area (Å²) < 4.78 is 0. The maximum Gasteiger partial charge on any atom is 0.225 e.